The van der Waals surface area contributed by atoms with Gasteiger partial charge in [0.15, 0.2) is 17.4 Å². The van der Waals surface area contributed by atoms with Gasteiger partial charge in [0.2, 0.25) is 0 Å². The molecule has 2 heterocycles. The summed E-state index contributed by atoms with van der Waals surface area (Å²) in [6.07, 6.45) is 2.13. The summed E-state index contributed by atoms with van der Waals surface area (Å²) in [6.45, 7) is 1.24. The maximum atomic E-state index is 13.8. The lowest BCUT2D eigenvalue weighted by Crippen LogP contribution is -2.31. The number of hydrogen-bond acceptors (Lipinski definition) is 5. The number of anilines is 2. The minimum atomic E-state index is -0.369. The standard InChI is InChI=1S/C14H14ClFN4O/c1-21-11-5-8-2-3-20(6-9(8)4-10(11)16)14-12(15)13(17)18-7-19-14/h4-5,7H,2-3,6H2,1H3,(H2,17,18,19). The fraction of sp³-hybridized carbons (Fsp3) is 0.286. The summed E-state index contributed by atoms with van der Waals surface area (Å²) in [6, 6.07) is 3.25. The van der Waals surface area contributed by atoms with Gasteiger partial charge >= 0.3 is 0 Å². The van der Waals surface area contributed by atoms with E-state index in [0.717, 1.165) is 24.1 Å². The van der Waals surface area contributed by atoms with Crippen LogP contribution in [0.25, 0.3) is 0 Å². The number of benzene rings is 1. The number of methoxy groups -OCH3 is 1. The fourth-order valence-electron chi connectivity index (χ4n) is 2.49. The van der Waals surface area contributed by atoms with E-state index in [2.05, 4.69) is 9.97 Å². The molecule has 2 aromatic rings. The Morgan fingerprint density at radius 3 is 2.90 bits per heavy atom. The van der Waals surface area contributed by atoms with Gasteiger partial charge in [0.1, 0.15) is 17.2 Å². The molecule has 0 saturated carbocycles. The number of rotatable bonds is 2. The lowest BCUT2D eigenvalue weighted by molar-refractivity contribution is 0.385. The van der Waals surface area contributed by atoms with E-state index in [9.17, 15) is 4.39 Å². The van der Waals surface area contributed by atoms with Crippen LogP contribution < -0.4 is 15.4 Å². The summed E-state index contributed by atoms with van der Waals surface area (Å²) in [7, 11) is 1.46. The molecule has 0 radical (unpaired) electrons. The number of ether oxygens (including phenoxy) is 1. The third kappa shape index (κ3) is 2.47. The number of hydrogen-bond donors (Lipinski definition) is 1. The van der Waals surface area contributed by atoms with Crippen molar-refractivity contribution >= 4 is 23.2 Å². The second-order valence-corrected chi connectivity index (χ2v) is 5.20. The number of fused-ring (bicyclic) bond motifs is 1. The van der Waals surface area contributed by atoms with Gasteiger partial charge < -0.3 is 15.4 Å². The summed E-state index contributed by atoms with van der Waals surface area (Å²) >= 11 is 6.15. The van der Waals surface area contributed by atoms with E-state index in [1.54, 1.807) is 6.07 Å². The highest BCUT2D eigenvalue weighted by atomic mass is 35.5. The van der Waals surface area contributed by atoms with Gasteiger partial charge in [0.05, 0.1) is 7.11 Å². The average Bonchev–Trinajstić information content (AvgIpc) is 2.49. The molecule has 7 heteroatoms. The average molecular weight is 309 g/mol. The molecule has 2 N–H and O–H groups in total. The van der Waals surface area contributed by atoms with Gasteiger partial charge in [-0.3, -0.25) is 0 Å². The first kappa shape index (κ1) is 13.9. The molecule has 110 valence electrons. The fourth-order valence-corrected chi connectivity index (χ4v) is 2.71. The molecular formula is C14H14ClFN4O. The van der Waals surface area contributed by atoms with Gasteiger partial charge in [0.25, 0.3) is 0 Å². The van der Waals surface area contributed by atoms with Crippen LogP contribution in [-0.4, -0.2) is 23.6 Å². The predicted octanol–water partition coefficient (Wildman–Crippen LogP) is 2.42. The molecular weight excluding hydrogens is 295 g/mol. The molecule has 1 aliphatic heterocycles. The SMILES string of the molecule is COc1cc2c(cc1F)CN(c1ncnc(N)c1Cl)CC2. The second-order valence-electron chi connectivity index (χ2n) is 4.82. The molecule has 21 heavy (non-hydrogen) atoms. The highest BCUT2D eigenvalue weighted by molar-refractivity contribution is 6.35. The van der Waals surface area contributed by atoms with Crippen LogP contribution in [0.1, 0.15) is 11.1 Å². The van der Waals surface area contributed by atoms with Gasteiger partial charge in [-0.05, 0) is 29.7 Å². The topological polar surface area (TPSA) is 64.3 Å². The Bertz CT molecular complexity index is 695. The van der Waals surface area contributed by atoms with E-state index >= 15 is 0 Å². The first-order chi connectivity index (χ1) is 10.1. The first-order valence-electron chi connectivity index (χ1n) is 6.46. The first-order valence-corrected chi connectivity index (χ1v) is 6.84. The number of nitrogen functional groups attached to an aromatic ring is 1. The van der Waals surface area contributed by atoms with Crippen molar-refractivity contribution in [2.24, 2.45) is 0 Å². The zero-order valence-corrected chi connectivity index (χ0v) is 12.2. The van der Waals surface area contributed by atoms with Crippen molar-refractivity contribution in [2.45, 2.75) is 13.0 Å². The largest absolute Gasteiger partial charge is 0.494 e. The van der Waals surface area contributed by atoms with E-state index in [1.165, 1.54) is 19.5 Å². The van der Waals surface area contributed by atoms with Crippen molar-refractivity contribution in [1.82, 2.24) is 9.97 Å². The van der Waals surface area contributed by atoms with Crippen LogP contribution in [0, 0.1) is 5.82 Å². The van der Waals surface area contributed by atoms with Gasteiger partial charge in [-0.2, -0.15) is 0 Å². The molecule has 0 unspecified atom stereocenters. The monoisotopic (exact) mass is 308 g/mol. The summed E-state index contributed by atoms with van der Waals surface area (Å²) in [5, 5.41) is 0.329. The third-order valence-electron chi connectivity index (χ3n) is 3.58. The van der Waals surface area contributed by atoms with Crippen LogP contribution in [0.15, 0.2) is 18.5 Å². The maximum absolute atomic E-state index is 13.8. The summed E-state index contributed by atoms with van der Waals surface area (Å²) < 4.78 is 18.8. The van der Waals surface area contributed by atoms with Crippen molar-refractivity contribution in [1.29, 1.82) is 0 Å². The van der Waals surface area contributed by atoms with E-state index < -0.39 is 0 Å². The molecule has 0 atom stereocenters. The Hall–Kier alpha value is -2.08. The lowest BCUT2D eigenvalue weighted by Gasteiger charge is -2.30. The Balaban J connectivity index is 1.94. The highest BCUT2D eigenvalue weighted by Gasteiger charge is 2.22. The van der Waals surface area contributed by atoms with Crippen LogP contribution in [-0.2, 0) is 13.0 Å². The van der Waals surface area contributed by atoms with Crippen LogP contribution >= 0.6 is 11.6 Å². The number of halogens is 2. The third-order valence-corrected chi connectivity index (χ3v) is 3.95. The highest BCUT2D eigenvalue weighted by Crippen LogP contribution is 2.32. The smallest absolute Gasteiger partial charge is 0.165 e. The quantitative estimate of drug-likeness (QED) is 0.923. The molecule has 0 aliphatic carbocycles. The molecule has 0 amide bonds. The van der Waals surface area contributed by atoms with Crippen molar-refractivity contribution in [3.63, 3.8) is 0 Å². The molecule has 0 bridgehead atoms. The summed E-state index contributed by atoms with van der Waals surface area (Å²) in [5.41, 5.74) is 7.67. The molecule has 1 aromatic carbocycles. The van der Waals surface area contributed by atoms with Crippen LogP contribution in [0.3, 0.4) is 0 Å². The van der Waals surface area contributed by atoms with E-state index in [1.807, 2.05) is 4.90 Å². The zero-order valence-electron chi connectivity index (χ0n) is 11.4. The maximum Gasteiger partial charge on any atom is 0.165 e. The molecule has 1 aromatic heterocycles. The molecule has 0 saturated heterocycles. The molecule has 5 nitrogen and oxygen atoms in total. The number of nitrogens with zero attached hydrogens (tertiary/aromatic N) is 3. The van der Waals surface area contributed by atoms with Gasteiger partial charge in [-0.15, -0.1) is 0 Å². The number of aromatic nitrogens is 2. The van der Waals surface area contributed by atoms with Crippen molar-refractivity contribution in [3.05, 3.63) is 40.4 Å². The summed E-state index contributed by atoms with van der Waals surface area (Å²) in [5.74, 6) is 0.720. The molecule has 3 rings (SSSR count). The summed E-state index contributed by atoms with van der Waals surface area (Å²) in [4.78, 5) is 9.99. The minimum Gasteiger partial charge on any atom is -0.494 e. The normalized spacial score (nSPS) is 14.0. The van der Waals surface area contributed by atoms with E-state index in [0.29, 0.717) is 17.4 Å². The Morgan fingerprint density at radius 2 is 2.14 bits per heavy atom. The van der Waals surface area contributed by atoms with Crippen LogP contribution in [0.5, 0.6) is 5.75 Å². The minimum absolute atomic E-state index is 0.244. The second kappa shape index (κ2) is 5.37. The lowest BCUT2D eigenvalue weighted by atomic mass is 9.99. The number of nitrogens with two attached hydrogens (primary N) is 1. The molecule has 0 spiro atoms. The van der Waals surface area contributed by atoms with Gasteiger partial charge in [-0.1, -0.05) is 11.6 Å². The zero-order chi connectivity index (χ0) is 15.0. The van der Waals surface area contributed by atoms with Gasteiger partial charge in [-0.25, -0.2) is 14.4 Å². The van der Waals surface area contributed by atoms with Crippen LogP contribution in [0.4, 0.5) is 16.0 Å². The Morgan fingerprint density at radius 1 is 1.33 bits per heavy atom. The van der Waals surface area contributed by atoms with Crippen LogP contribution in [0.2, 0.25) is 5.02 Å². The predicted molar refractivity (Wildman–Crippen MR) is 79.2 cm³/mol. The molecule has 1 aliphatic rings. The van der Waals surface area contributed by atoms with E-state index in [-0.39, 0.29) is 17.4 Å². The van der Waals surface area contributed by atoms with Crippen molar-refractivity contribution in [3.8, 4) is 5.75 Å². The Labute approximate surface area is 126 Å². The van der Waals surface area contributed by atoms with Crippen molar-refractivity contribution in [2.75, 3.05) is 24.3 Å². The molecule has 0 fully saturated rings. The van der Waals surface area contributed by atoms with E-state index in [4.69, 9.17) is 22.1 Å². The Kier molecular flexibility index (Phi) is 3.55. The van der Waals surface area contributed by atoms with Gasteiger partial charge in [0, 0.05) is 13.1 Å². The van der Waals surface area contributed by atoms with Crippen molar-refractivity contribution < 1.29 is 9.13 Å².